The van der Waals surface area contributed by atoms with E-state index in [1.807, 2.05) is 6.92 Å². The Bertz CT molecular complexity index is 335. The zero-order valence-corrected chi connectivity index (χ0v) is 13.3. The highest BCUT2D eigenvalue weighted by molar-refractivity contribution is 5.73. The second-order valence-corrected chi connectivity index (χ2v) is 7.58. The molecule has 4 saturated carbocycles. The van der Waals surface area contributed by atoms with E-state index in [1.54, 1.807) is 0 Å². The van der Waals surface area contributed by atoms with E-state index in [0.717, 1.165) is 43.9 Å². The number of carbonyl (C=O) groups is 1. The molecule has 4 fully saturated rings. The smallest absolute Gasteiger partial charge is 0.314 e. The van der Waals surface area contributed by atoms with Gasteiger partial charge in [0, 0.05) is 26.3 Å². The van der Waals surface area contributed by atoms with E-state index in [9.17, 15) is 4.79 Å². The van der Waals surface area contributed by atoms with Crippen LogP contribution >= 0.6 is 0 Å². The van der Waals surface area contributed by atoms with Gasteiger partial charge in [-0.3, -0.25) is 0 Å². The van der Waals surface area contributed by atoms with Crippen molar-refractivity contribution in [2.45, 2.75) is 51.9 Å². The minimum absolute atomic E-state index is 0.00208. The molecular formula is C17H30N2O2. The van der Waals surface area contributed by atoms with E-state index >= 15 is 0 Å². The molecule has 4 aliphatic rings. The van der Waals surface area contributed by atoms with Crippen LogP contribution in [0.1, 0.15) is 51.9 Å². The lowest BCUT2D eigenvalue weighted by molar-refractivity contribution is -0.0498. The SMILES string of the molecule is CCOCCCNC(=O)NCC12CC3CC(CC(C3)C1)C2. The van der Waals surface area contributed by atoms with Crippen LogP contribution in [0, 0.1) is 23.2 Å². The Labute approximate surface area is 128 Å². The van der Waals surface area contributed by atoms with Crippen LogP contribution in [0.3, 0.4) is 0 Å². The predicted molar refractivity (Wildman–Crippen MR) is 83.1 cm³/mol. The highest BCUT2D eigenvalue weighted by Crippen LogP contribution is 2.59. The molecule has 0 heterocycles. The Morgan fingerprint density at radius 3 is 2.29 bits per heavy atom. The van der Waals surface area contributed by atoms with Crippen molar-refractivity contribution in [1.82, 2.24) is 10.6 Å². The van der Waals surface area contributed by atoms with E-state index in [1.165, 1.54) is 38.5 Å². The van der Waals surface area contributed by atoms with Gasteiger partial charge in [-0.2, -0.15) is 0 Å². The minimum Gasteiger partial charge on any atom is -0.382 e. The van der Waals surface area contributed by atoms with Crippen molar-refractivity contribution < 1.29 is 9.53 Å². The van der Waals surface area contributed by atoms with Gasteiger partial charge in [0.2, 0.25) is 0 Å². The second kappa shape index (κ2) is 6.55. The molecular weight excluding hydrogens is 264 g/mol. The number of rotatable bonds is 7. The summed E-state index contributed by atoms with van der Waals surface area (Å²) in [6, 6.07) is 0.00208. The summed E-state index contributed by atoms with van der Waals surface area (Å²) in [5.41, 5.74) is 0.428. The maximum absolute atomic E-state index is 11.9. The fourth-order valence-electron chi connectivity index (χ4n) is 5.36. The first-order valence-electron chi connectivity index (χ1n) is 8.78. The summed E-state index contributed by atoms with van der Waals surface area (Å²) in [6.07, 6.45) is 9.32. The molecule has 0 aliphatic heterocycles. The van der Waals surface area contributed by atoms with Crippen LogP contribution in [0.5, 0.6) is 0 Å². The van der Waals surface area contributed by atoms with E-state index in [2.05, 4.69) is 10.6 Å². The fourth-order valence-corrected chi connectivity index (χ4v) is 5.36. The number of carbonyl (C=O) groups excluding carboxylic acids is 1. The minimum atomic E-state index is 0.00208. The molecule has 2 amide bonds. The van der Waals surface area contributed by atoms with E-state index in [4.69, 9.17) is 4.74 Å². The van der Waals surface area contributed by atoms with Crippen LogP contribution in [0.15, 0.2) is 0 Å². The van der Waals surface area contributed by atoms with E-state index in [-0.39, 0.29) is 6.03 Å². The Balaban J connectivity index is 1.38. The van der Waals surface area contributed by atoms with Crippen molar-refractivity contribution in [1.29, 1.82) is 0 Å². The van der Waals surface area contributed by atoms with Gasteiger partial charge in [-0.05, 0) is 75.0 Å². The van der Waals surface area contributed by atoms with Gasteiger partial charge in [0.25, 0.3) is 0 Å². The maximum atomic E-state index is 11.9. The lowest BCUT2D eigenvalue weighted by Gasteiger charge is -2.56. The molecule has 0 aromatic carbocycles. The van der Waals surface area contributed by atoms with Gasteiger partial charge in [-0.15, -0.1) is 0 Å². The zero-order chi connectivity index (χ0) is 14.7. The molecule has 120 valence electrons. The Morgan fingerprint density at radius 2 is 1.71 bits per heavy atom. The third-order valence-electron chi connectivity index (χ3n) is 5.74. The van der Waals surface area contributed by atoms with Gasteiger partial charge in [-0.25, -0.2) is 4.79 Å². The number of ether oxygens (including phenoxy) is 1. The first kappa shape index (κ1) is 15.1. The average Bonchev–Trinajstić information content (AvgIpc) is 2.44. The van der Waals surface area contributed by atoms with Crippen LogP contribution < -0.4 is 10.6 Å². The molecule has 4 bridgehead atoms. The van der Waals surface area contributed by atoms with E-state index in [0.29, 0.717) is 12.0 Å². The van der Waals surface area contributed by atoms with Gasteiger partial charge in [0.15, 0.2) is 0 Å². The summed E-state index contributed by atoms with van der Waals surface area (Å²) in [5, 5.41) is 6.08. The molecule has 4 heteroatoms. The topological polar surface area (TPSA) is 50.4 Å². The first-order chi connectivity index (χ1) is 10.2. The molecule has 0 saturated heterocycles. The third-order valence-corrected chi connectivity index (χ3v) is 5.74. The zero-order valence-electron chi connectivity index (χ0n) is 13.3. The maximum Gasteiger partial charge on any atom is 0.314 e. The molecule has 0 atom stereocenters. The number of hydrogen-bond donors (Lipinski definition) is 2. The molecule has 4 aliphatic carbocycles. The predicted octanol–water partition coefficient (Wildman–Crippen LogP) is 2.93. The molecule has 21 heavy (non-hydrogen) atoms. The molecule has 0 radical (unpaired) electrons. The highest BCUT2D eigenvalue weighted by atomic mass is 16.5. The molecule has 0 unspecified atom stereocenters. The largest absolute Gasteiger partial charge is 0.382 e. The van der Waals surface area contributed by atoms with Crippen molar-refractivity contribution in [2.75, 3.05) is 26.3 Å². The van der Waals surface area contributed by atoms with Crippen LogP contribution in [-0.2, 0) is 4.74 Å². The summed E-state index contributed by atoms with van der Waals surface area (Å²) in [4.78, 5) is 11.9. The van der Waals surface area contributed by atoms with Gasteiger partial charge in [-0.1, -0.05) is 0 Å². The molecule has 2 N–H and O–H groups in total. The quantitative estimate of drug-likeness (QED) is 0.709. The van der Waals surface area contributed by atoms with Gasteiger partial charge in [0.1, 0.15) is 0 Å². The van der Waals surface area contributed by atoms with Crippen molar-refractivity contribution in [3.05, 3.63) is 0 Å². The van der Waals surface area contributed by atoms with Crippen molar-refractivity contribution in [2.24, 2.45) is 23.2 Å². The summed E-state index contributed by atoms with van der Waals surface area (Å²) >= 11 is 0. The van der Waals surface area contributed by atoms with Gasteiger partial charge in [0.05, 0.1) is 0 Å². The molecule has 4 nitrogen and oxygen atoms in total. The fraction of sp³-hybridized carbons (Fsp3) is 0.941. The van der Waals surface area contributed by atoms with Gasteiger partial charge < -0.3 is 15.4 Å². The summed E-state index contributed by atoms with van der Waals surface area (Å²) < 4.78 is 5.27. The number of amides is 2. The molecule has 0 spiro atoms. The van der Waals surface area contributed by atoms with Crippen molar-refractivity contribution >= 4 is 6.03 Å². The summed E-state index contributed by atoms with van der Waals surface area (Å²) in [6.45, 7) is 5.05. The molecule has 0 aromatic heterocycles. The van der Waals surface area contributed by atoms with E-state index < -0.39 is 0 Å². The summed E-state index contributed by atoms with van der Waals surface area (Å²) in [7, 11) is 0. The summed E-state index contributed by atoms with van der Waals surface area (Å²) in [5.74, 6) is 2.85. The van der Waals surface area contributed by atoms with Crippen molar-refractivity contribution in [3.8, 4) is 0 Å². The average molecular weight is 294 g/mol. The number of nitrogens with one attached hydrogen (secondary N) is 2. The molecule has 0 aromatic rings. The monoisotopic (exact) mass is 294 g/mol. The Morgan fingerprint density at radius 1 is 1.10 bits per heavy atom. The van der Waals surface area contributed by atoms with Gasteiger partial charge >= 0.3 is 6.03 Å². The number of urea groups is 1. The first-order valence-corrected chi connectivity index (χ1v) is 8.78. The molecule has 4 rings (SSSR count). The van der Waals surface area contributed by atoms with Crippen LogP contribution in [0.25, 0.3) is 0 Å². The lowest BCUT2D eigenvalue weighted by Crippen LogP contribution is -2.52. The van der Waals surface area contributed by atoms with Crippen LogP contribution in [0.2, 0.25) is 0 Å². The van der Waals surface area contributed by atoms with Crippen molar-refractivity contribution in [3.63, 3.8) is 0 Å². The highest BCUT2D eigenvalue weighted by Gasteiger charge is 2.50. The Hall–Kier alpha value is -0.770. The Kier molecular flexibility index (Phi) is 4.72. The lowest BCUT2D eigenvalue weighted by atomic mass is 9.49. The van der Waals surface area contributed by atoms with Crippen LogP contribution in [0.4, 0.5) is 4.79 Å². The third kappa shape index (κ3) is 3.71. The second-order valence-electron chi connectivity index (χ2n) is 7.58. The number of hydrogen-bond acceptors (Lipinski definition) is 2. The normalized spacial score (nSPS) is 36.7. The standard InChI is InChI=1S/C17H30N2O2/c1-2-21-5-3-4-18-16(20)19-12-17-9-13-6-14(10-17)8-15(7-13)11-17/h13-15H,2-12H2,1H3,(H2,18,19,20). The van der Waals surface area contributed by atoms with Crippen LogP contribution in [-0.4, -0.2) is 32.3 Å².